The normalized spacial score (nSPS) is 18.0. The van der Waals surface area contributed by atoms with Crippen molar-refractivity contribution in [2.75, 3.05) is 25.5 Å². The number of hydrogen-bond donors (Lipinski definition) is 1. The number of rotatable bonds is 4. The van der Waals surface area contributed by atoms with Crippen molar-refractivity contribution in [3.05, 3.63) is 22.7 Å². The number of ether oxygens (including phenoxy) is 1. The molecule has 1 aliphatic rings. The molecule has 1 fully saturated rings. The van der Waals surface area contributed by atoms with E-state index in [0.717, 1.165) is 5.56 Å². The van der Waals surface area contributed by atoms with Crippen LogP contribution in [0.5, 0.6) is 5.75 Å². The number of nitrogens with one attached hydrogen (secondary N) is 1. The highest BCUT2D eigenvalue weighted by Crippen LogP contribution is 2.31. The van der Waals surface area contributed by atoms with Gasteiger partial charge in [-0.05, 0) is 25.5 Å². The number of benzene rings is 1. The van der Waals surface area contributed by atoms with Crippen LogP contribution in [0.25, 0.3) is 0 Å². The first kappa shape index (κ1) is 15.6. The van der Waals surface area contributed by atoms with Crippen LogP contribution in [0.15, 0.2) is 12.1 Å². The Labute approximate surface area is 129 Å². The molecule has 1 aromatic rings. The fraction of sp³-hybridized carbons (Fsp3) is 0.467. The zero-order valence-corrected chi connectivity index (χ0v) is 13.2. The molecular weight excluding hydrogens is 292 g/mol. The van der Waals surface area contributed by atoms with Crippen LogP contribution in [0.1, 0.15) is 18.9 Å². The van der Waals surface area contributed by atoms with Gasteiger partial charge in [-0.15, -0.1) is 0 Å². The van der Waals surface area contributed by atoms with E-state index in [2.05, 4.69) is 5.32 Å². The molecule has 2 rings (SSSR count). The maximum absolute atomic E-state index is 12.3. The Bertz CT molecular complexity index is 574. The van der Waals surface area contributed by atoms with Crippen molar-refractivity contribution in [3.8, 4) is 5.75 Å². The van der Waals surface area contributed by atoms with Gasteiger partial charge in [0.1, 0.15) is 5.75 Å². The number of aryl methyl sites for hydroxylation is 1. The lowest BCUT2D eigenvalue weighted by atomic mass is 10.1. The van der Waals surface area contributed by atoms with Gasteiger partial charge >= 0.3 is 0 Å². The van der Waals surface area contributed by atoms with Crippen molar-refractivity contribution in [2.45, 2.75) is 20.3 Å². The number of halogens is 1. The van der Waals surface area contributed by atoms with Crippen molar-refractivity contribution in [3.63, 3.8) is 0 Å². The van der Waals surface area contributed by atoms with Crippen molar-refractivity contribution in [1.29, 1.82) is 0 Å². The van der Waals surface area contributed by atoms with Gasteiger partial charge in [-0.3, -0.25) is 9.59 Å². The van der Waals surface area contributed by atoms with Crippen LogP contribution in [0, 0.1) is 12.8 Å². The van der Waals surface area contributed by atoms with Crippen LogP contribution in [-0.4, -0.2) is 36.9 Å². The number of nitrogens with zero attached hydrogens (tertiary/aromatic N) is 1. The smallest absolute Gasteiger partial charge is 0.229 e. The van der Waals surface area contributed by atoms with Crippen LogP contribution < -0.4 is 10.1 Å². The maximum Gasteiger partial charge on any atom is 0.229 e. The third-order valence-corrected chi connectivity index (χ3v) is 4.11. The Morgan fingerprint density at radius 2 is 2.24 bits per heavy atom. The molecule has 0 spiro atoms. The van der Waals surface area contributed by atoms with E-state index in [1.165, 1.54) is 7.11 Å². The molecule has 2 amide bonds. The van der Waals surface area contributed by atoms with E-state index in [-0.39, 0.29) is 24.2 Å². The van der Waals surface area contributed by atoms with E-state index in [9.17, 15) is 9.59 Å². The monoisotopic (exact) mass is 310 g/mol. The zero-order valence-electron chi connectivity index (χ0n) is 12.4. The third-order valence-electron chi connectivity index (χ3n) is 3.71. The summed E-state index contributed by atoms with van der Waals surface area (Å²) in [4.78, 5) is 25.7. The summed E-state index contributed by atoms with van der Waals surface area (Å²) >= 11 is 6.04. The number of amides is 2. The fourth-order valence-corrected chi connectivity index (χ4v) is 2.57. The third kappa shape index (κ3) is 3.29. The molecule has 1 unspecified atom stereocenters. The van der Waals surface area contributed by atoms with E-state index in [1.807, 2.05) is 13.8 Å². The second-order valence-corrected chi connectivity index (χ2v) is 5.53. The summed E-state index contributed by atoms with van der Waals surface area (Å²) in [7, 11) is 1.52. The Hall–Kier alpha value is -1.75. The number of carbonyl (C=O) groups excluding carboxylic acids is 2. The summed E-state index contributed by atoms with van der Waals surface area (Å²) in [6, 6.07) is 3.44. The number of carbonyl (C=O) groups is 2. The molecule has 1 aromatic carbocycles. The fourth-order valence-electron chi connectivity index (χ4n) is 2.42. The van der Waals surface area contributed by atoms with Gasteiger partial charge in [0.25, 0.3) is 0 Å². The number of hydrogen-bond acceptors (Lipinski definition) is 3. The lowest BCUT2D eigenvalue weighted by Crippen LogP contribution is -2.28. The first-order valence-corrected chi connectivity index (χ1v) is 7.26. The number of anilines is 1. The Balaban J connectivity index is 2.13. The highest BCUT2D eigenvalue weighted by Gasteiger charge is 2.33. The molecule has 21 heavy (non-hydrogen) atoms. The second kappa shape index (κ2) is 6.35. The van der Waals surface area contributed by atoms with E-state index in [4.69, 9.17) is 16.3 Å². The molecule has 1 atom stereocenters. The van der Waals surface area contributed by atoms with Crippen LogP contribution in [0.2, 0.25) is 5.02 Å². The van der Waals surface area contributed by atoms with E-state index >= 15 is 0 Å². The highest BCUT2D eigenvalue weighted by molar-refractivity contribution is 6.31. The summed E-state index contributed by atoms with van der Waals surface area (Å²) in [5.41, 5.74) is 1.43. The van der Waals surface area contributed by atoms with E-state index < -0.39 is 0 Å². The van der Waals surface area contributed by atoms with Gasteiger partial charge in [0, 0.05) is 30.6 Å². The molecule has 0 radical (unpaired) electrons. The summed E-state index contributed by atoms with van der Waals surface area (Å²) in [5.74, 6) is 0.0463. The lowest BCUT2D eigenvalue weighted by Gasteiger charge is -2.15. The largest absolute Gasteiger partial charge is 0.495 e. The van der Waals surface area contributed by atoms with Crippen molar-refractivity contribution >= 4 is 29.1 Å². The molecule has 0 aliphatic carbocycles. The predicted octanol–water partition coefficient (Wildman–Crippen LogP) is 2.46. The van der Waals surface area contributed by atoms with Crippen LogP contribution >= 0.6 is 11.6 Å². The molecular formula is C15H19ClN2O3. The van der Waals surface area contributed by atoms with Gasteiger partial charge in [-0.25, -0.2) is 0 Å². The molecule has 114 valence electrons. The zero-order chi connectivity index (χ0) is 15.6. The lowest BCUT2D eigenvalue weighted by molar-refractivity contribution is -0.128. The Kier molecular flexibility index (Phi) is 4.73. The average molecular weight is 311 g/mol. The summed E-state index contributed by atoms with van der Waals surface area (Å²) in [6.45, 7) is 4.86. The number of methoxy groups -OCH3 is 1. The molecule has 1 aliphatic heterocycles. The van der Waals surface area contributed by atoms with Gasteiger partial charge in [0.2, 0.25) is 11.8 Å². The highest BCUT2D eigenvalue weighted by atomic mass is 35.5. The van der Waals surface area contributed by atoms with Crippen LogP contribution in [0.4, 0.5) is 5.69 Å². The first-order chi connectivity index (χ1) is 9.96. The van der Waals surface area contributed by atoms with Crippen molar-refractivity contribution in [1.82, 2.24) is 4.90 Å². The average Bonchev–Trinajstić information content (AvgIpc) is 2.83. The van der Waals surface area contributed by atoms with Gasteiger partial charge < -0.3 is 15.0 Å². The molecule has 0 aromatic heterocycles. The molecule has 5 nitrogen and oxygen atoms in total. The van der Waals surface area contributed by atoms with Crippen LogP contribution in [-0.2, 0) is 9.59 Å². The quantitative estimate of drug-likeness (QED) is 0.929. The van der Waals surface area contributed by atoms with Gasteiger partial charge in [-0.1, -0.05) is 11.6 Å². The Morgan fingerprint density at radius 3 is 2.81 bits per heavy atom. The second-order valence-electron chi connectivity index (χ2n) is 5.12. The molecule has 1 N–H and O–H groups in total. The predicted molar refractivity (Wildman–Crippen MR) is 81.7 cm³/mol. The van der Waals surface area contributed by atoms with E-state index in [1.54, 1.807) is 17.0 Å². The molecule has 0 saturated carbocycles. The summed E-state index contributed by atoms with van der Waals surface area (Å²) in [5, 5.41) is 3.42. The molecule has 0 bridgehead atoms. The molecule has 6 heteroatoms. The van der Waals surface area contributed by atoms with Crippen molar-refractivity contribution < 1.29 is 14.3 Å². The van der Waals surface area contributed by atoms with Gasteiger partial charge in [0.05, 0.1) is 18.7 Å². The maximum atomic E-state index is 12.3. The minimum atomic E-state index is -0.321. The Morgan fingerprint density at radius 1 is 1.52 bits per heavy atom. The minimum absolute atomic E-state index is 0.0249. The minimum Gasteiger partial charge on any atom is -0.495 e. The number of likely N-dealkylation sites (tertiary alicyclic amines) is 1. The van der Waals surface area contributed by atoms with Gasteiger partial charge in [0.15, 0.2) is 0 Å². The topological polar surface area (TPSA) is 58.6 Å². The van der Waals surface area contributed by atoms with Crippen molar-refractivity contribution in [2.24, 2.45) is 5.92 Å². The SMILES string of the molecule is CCN1CC(C(=O)Nc2cc(C)c(Cl)cc2OC)CC1=O. The molecule has 1 saturated heterocycles. The standard InChI is InChI=1S/C15H19ClN2O3/c1-4-18-8-10(6-14(18)19)15(20)17-12-5-9(2)11(16)7-13(12)21-3/h5,7,10H,4,6,8H2,1-3H3,(H,17,20). The van der Waals surface area contributed by atoms with Gasteiger partial charge in [-0.2, -0.15) is 0 Å². The summed E-state index contributed by atoms with van der Waals surface area (Å²) < 4.78 is 5.23. The first-order valence-electron chi connectivity index (χ1n) is 6.89. The molecule has 1 heterocycles. The summed E-state index contributed by atoms with van der Waals surface area (Å²) in [6.07, 6.45) is 0.258. The van der Waals surface area contributed by atoms with Crippen LogP contribution in [0.3, 0.4) is 0 Å². The van der Waals surface area contributed by atoms with E-state index in [0.29, 0.717) is 29.5 Å².